The fourth-order valence-corrected chi connectivity index (χ4v) is 3.51. The summed E-state index contributed by atoms with van der Waals surface area (Å²) in [5, 5.41) is 3.44. The van der Waals surface area contributed by atoms with Crippen LogP contribution in [0.4, 0.5) is 0 Å². The van der Waals surface area contributed by atoms with Crippen LogP contribution in [0.25, 0.3) is 0 Å². The minimum Gasteiger partial charge on any atom is -0.496 e. The number of benzene rings is 1. The van der Waals surface area contributed by atoms with E-state index in [2.05, 4.69) is 58.2 Å². The third-order valence-corrected chi connectivity index (χ3v) is 4.87. The summed E-state index contributed by atoms with van der Waals surface area (Å²) in [6.45, 7) is 9.05. The number of nitrogens with zero attached hydrogens (tertiary/aromatic N) is 1. The van der Waals surface area contributed by atoms with Crippen LogP contribution in [-0.2, 0) is 0 Å². The van der Waals surface area contributed by atoms with E-state index in [0.717, 1.165) is 36.4 Å². The monoisotopic (exact) mass is 340 g/mol. The highest BCUT2D eigenvalue weighted by atomic mass is 79.9. The van der Waals surface area contributed by atoms with Gasteiger partial charge in [0.15, 0.2) is 0 Å². The van der Waals surface area contributed by atoms with Gasteiger partial charge in [-0.3, -0.25) is 4.90 Å². The highest BCUT2D eigenvalue weighted by Crippen LogP contribution is 2.35. The second-order valence-electron chi connectivity index (χ2n) is 5.51. The zero-order valence-corrected chi connectivity index (χ0v) is 14.2. The fourth-order valence-electron chi connectivity index (χ4n) is 2.95. The van der Waals surface area contributed by atoms with Gasteiger partial charge in [-0.25, -0.2) is 0 Å². The largest absolute Gasteiger partial charge is 0.496 e. The predicted octanol–water partition coefficient (Wildman–Crippen LogP) is 3.45. The summed E-state index contributed by atoms with van der Waals surface area (Å²) in [7, 11) is 1.71. The van der Waals surface area contributed by atoms with Gasteiger partial charge in [-0.1, -0.05) is 26.3 Å². The maximum Gasteiger partial charge on any atom is 0.133 e. The Morgan fingerprint density at radius 1 is 1.35 bits per heavy atom. The molecule has 112 valence electrons. The van der Waals surface area contributed by atoms with Gasteiger partial charge >= 0.3 is 0 Å². The Bertz CT molecular complexity index is 432. The number of nitrogens with one attached hydrogen (secondary N) is 1. The first-order valence-corrected chi connectivity index (χ1v) is 8.24. The minimum absolute atomic E-state index is 0.490. The molecule has 3 nitrogen and oxygen atoms in total. The summed E-state index contributed by atoms with van der Waals surface area (Å²) in [6.07, 6.45) is 1.19. The van der Waals surface area contributed by atoms with Gasteiger partial charge in [0.2, 0.25) is 0 Å². The average molecular weight is 341 g/mol. The van der Waals surface area contributed by atoms with Crippen LogP contribution in [0.3, 0.4) is 0 Å². The molecule has 0 aliphatic carbocycles. The SMILES string of the molecule is CCC(C)[C@@H](c1ccc(OC)c(Br)c1)N1CCNCC1. The highest BCUT2D eigenvalue weighted by molar-refractivity contribution is 9.10. The van der Waals surface area contributed by atoms with Crippen LogP contribution in [0.1, 0.15) is 31.9 Å². The first kappa shape index (κ1) is 15.8. The molecule has 1 unspecified atom stereocenters. The van der Waals surface area contributed by atoms with Crippen LogP contribution in [0.15, 0.2) is 22.7 Å². The Morgan fingerprint density at radius 3 is 2.60 bits per heavy atom. The Morgan fingerprint density at radius 2 is 2.05 bits per heavy atom. The molecule has 1 aromatic carbocycles. The molecule has 1 aromatic rings. The van der Waals surface area contributed by atoms with Crippen LogP contribution in [0.2, 0.25) is 0 Å². The maximum absolute atomic E-state index is 5.34. The summed E-state index contributed by atoms with van der Waals surface area (Å²) in [5.41, 5.74) is 1.38. The molecule has 0 spiro atoms. The first-order chi connectivity index (χ1) is 9.67. The topological polar surface area (TPSA) is 24.5 Å². The van der Waals surface area contributed by atoms with Crippen molar-refractivity contribution in [3.05, 3.63) is 28.2 Å². The van der Waals surface area contributed by atoms with E-state index < -0.39 is 0 Å². The molecule has 1 heterocycles. The van der Waals surface area contributed by atoms with Crippen LogP contribution in [0, 0.1) is 5.92 Å². The summed E-state index contributed by atoms with van der Waals surface area (Å²) in [6, 6.07) is 6.99. The Hall–Kier alpha value is -0.580. The standard InChI is InChI=1S/C16H25BrN2O/c1-4-12(2)16(19-9-7-18-8-10-19)13-5-6-15(20-3)14(17)11-13/h5-6,11-12,16,18H,4,7-10H2,1-3H3/t12?,16-/m0/s1. The number of rotatable bonds is 5. The van der Waals surface area contributed by atoms with Crippen molar-refractivity contribution >= 4 is 15.9 Å². The van der Waals surface area contributed by atoms with Crippen molar-refractivity contribution in [1.82, 2.24) is 10.2 Å². The van der Waals surface area contributed by atoms with Gasteiger partial charge in [-0.2, -0.15) is 0 Å². The average Bonchev–Trinajstić information content (AvgIpc) is 2.48. The van der Waals surface area contributed by atoms with Crippen LogP contribution in [0.5, 0.6) is 5.75 Å². The van der Waals surface area contributed by atoms with Crippen molar-refractivity contribution in [1.29, 1.82) is 0 Å². The molecule has 0 saturated carbocycles. The molecule has 2 atom stereocenters. The number of halogens is 1. The van der Waals surface area contributed by atoms with E-state index in [1.807, 2.05) is 0 Å². The lowest BCUT2D eigenvalue weighted by atomic mass is 9.90. The van der Waals surface area contributed by atoms with Gasteiger partial charge in [0.05, 0.1) is 11.6 Å². The van der Waals surface area contributed by atoms with E-state index in [-0.39, 0.29) is 0 Å². The number of hydrogen-bond acceptors (Lipinski definition) is 3. The van der Waals surface area contributed by atoms with Crippen LogP contribution >= 0.6 is 15.9 Å². The molecule has 2 rings (SSSR count). The van der Waals surface area contributed by atoms with Gasteiger partial charge in [-0.05, 0) is 39.5 Å². The van der Waals surface area contributed by atoms with E-state index >= 15 is 0 Å². The van der Waals surface area contributed by atoms with E-state index in [9.17, 15) is 0 Å². The molecular weight excluding hydrogens is 316 g/mol. The molecule has 0 bridgehead atoms. The summed E-state index contributed by atoms with van der Waals surface area (Å²) in [5.74, 6) is 1.55. The molecule has 0 radical (unpaired) electrons. The lowest BCUT2D eigenvalue weighted by molar-refractivity contribution is 0.128. The molecule has 1 fully saturated rings. The van der Waals surface area contributed by atoms with Crippen molar-refractivity contribution < 1.29 is 4.74 Å². The van der Waals surface area contributed by atoms with Gasteiger partial charge in [0, 0.05) is 32.2 Å². The lowest BCUT2D eigenvalue weighted by Crippen LogP contribution is -2.46. The third kappa shape index (κ3) is 3.54. The fraction of sp³-hybridized carbons (Fsp3) is 0.625. The van der Waals surface area contributed by atoms with Gasteiger partial charge in [0.1, 0.15) is 5.75 Å². The summed E-state index contributed by atoms with van der Waals surface area (Å²) >= 11 is 3.61. The highest BCUT2D eigenvalue weighted by Gasteiger charge is 2.26. The number of hydrogen-bond donors (Lipinski definition) is 1. The lowest BCUT2D eigenvalue weighted by Gasteiger charge is -2.38. The molecule has 0 amide bonds. The summed E-state index contributed by atoms with van der Waals surface area (Å²) < 4.78 is 6.38. The number of ether oxygens (including phenoxy) is 1. The molecule has 1 aliphatic heterocycles. The van der Waals surface area contributed by atoms with Gasteiger partial charge in [-0.15, -0.1) is 0 Å². The first-order valence-electron chi connectivity index (χ1n) is 7.45. The van der Waals surface area contributed by atoms with E-state index in [1.54, 1.807) is 7.11 Å². The van der Waals surface area contributed by atoms with Gasteiger partial charge < -0.3 is 10.1 Å². The molecule has 1 aliphatic rings. The zero-order valence-electron chi connectivity index (χ0n) is 12.7. The zero-order chi connectivity index (χ0) is 14.5. The predicted molar refractivity (Wildman–Crippen MR) is 87.3 cm³/mol. The van der Waals surface area contributed by atoms with Gasteiger partial charge in [0.25, 0.3) is 0 Å². The Labute approximate surface area is 130 Å². The molecule has 1 saturated heterocycles. The van der Waals surface area contributed by atoms with Crippen LogP contribution < -0.4 is 10.1 Å². The summed E-state index contributed by atoms with van der Waals surface area (Å²) in [4.78, 5) is 2.61. The number of piperazine rings is 1. The maximum atomic E-state index is 5.34. The van der Waals surface area contributed by atoms with Crippen molar-refractivity contribution in [2.24, 2.45) is 5.92 Å². The second kappa shape index (κ2) is 7.43. The molecule has 20 heavy (non-hydrogen) atoms. The molecule has 0 aromatic heterocycles. The van der Waals surface area contributed by atoms with E-state index in [4.69, 9.17) is 4.74 Å². The van der Waals surface area contributed by atoms with Crippen molar-refractivity contribution in [3.8, 4) is 5.75 Å². The van der Waals surface area contributed by atoms with Crippen molar-refractivity contribution in [2.75, 3.05) is 33.3 Å². The smallest absolute Gasteiger partial charge is 0.133 e. The normalized spacial score (nSPS) is 19.6. The molecular formula is C16H25BrN2O. The van der Waals surface area contributed by atoms with E-state index in [0.29, 0.717) is 12.0 Å². The van der Waals surface area contributed by atoms with Crippen molar-refractivity contribution in [2.45, 2.75) is 26.3 Å². The molecule has 4 heteroatoms. The third-order valence-electron chi connectivity index (χ3n) is 4.25. The van der Waals surface area contributed by atoms with Crippen molar-refractivity contribution in [3.63, 3.8) is 0 Å². The minimum atomic E-state index is 0.490. The van der Waals surface area contributed by atoms with E-state index in [1.165, 1.54) is 12.0 Å². The number of methoxy groups -OCH3 is 1. The van der Waals surface area contributed by atoms with Crippen LogP contribution in [-0.4, -0.2) is 38.2 Å². The Balaban J connectivity index is 2.27. The quantitative estimate of drug-likeness (QED) is 0.888. The second-order valence-corrected chi connectivity index (χ2v) is 6.36. The molecule has 1 N–H and O–H groups in total. The Kier molecular flexibility index (Phi) is 5.87.